The van der Waals surface area contributed by atoms with Crippen LogP contribution in [0.5, 0.6) is 5.75 Å². The number of anilines is 3. The van der Waals surface area contributed by atoms with Gasteiger partial charge in [-0.2, -0.15) is 0 Å². The highest BCUT2D eigenvalue weighted by molar-refractivity contribution is 7.20. The number of carbonyl (C=O) groups is 3. The number of likely N-dealkylation sites (N-methyl/N-ethyl adjacent to an activating group) is 1. The van der Waals surface area contributed by atoms with Gasteiger partial charge in [0.15, 0.2) is 10.8 Å². The summed E-state index contributed by atoms with van der Waals surface area (Å²) in [5.41, 5.74) is 9.94. The minimum atomic E-state index is -0.427. The van der Waals surface area contributed by atoms with E-state index in [0.717, 1.165) is 15.8 Å². The molecular weight excluding hydrogens is 653 g/mol. The van der Waals surface area contributed by atoms with E-state index in [1.54, 1.807) is 47.4 Å². The summed E-state index contributed by atoms with van der Waals surface area (Å²) in [7, 11) is 1.98. The van der Waals surface area contributed by atoms with Crippen molar-refractivity contribution in [3.05, 3.63) is 113 Å². The lowest BCUT2D eigenvalue weighted by atomic mass is 9.98. The zero-order valence-corrected chi connectivity index (χ0v) is 28.9. The van der Waals surface area contributed by atoms with E-state index < -0.39 is 11.9 Å². The van der Waals surface area contributed by atoms with E-state index in [1.165, 1.54) is 11.3 Å². The number of nitrogens with two attached hydrogens (primary N) is 1. The Hall–Kier alpha value is -5.30. The molecule has 0 fully saturated rings. The van der Waals surface area contributed by atoms with Crippen molar-refractivity contribution in [2.24, 2.45) is 5.92 Å². The highest BCUT2D eigenvalue weighted by atomic mass is 32.1. The molecule has 2 heterocycles. The number of amides is 3. The van der Waals surface area contributed by atoms with Gasteiger partial charge in [-0.25, -0.2) is 4.98 Å². The van der Waals surface area contributed by atoms with Crippen LogP contribution in [-0.4, -0.2) is 76.5 Å². The van der Waals surface area contributed by atoms with Crippen molar-refractivity contribution < 1.29 is 24.2 Å². The molecule has 0 saturated heterocycles. The second-order valence-electron chi connectivity index (χ2n) is 12.7. The Morgan fingerprint density at radius 1 is 1.00 bits per heavy atom. The molecule has 50 heavy (non-hydrogen) atoms. The molecule has 1 aromatic heterocycles. The molecule has 5 N–H and O–H groups in total. The summed E-state index contributed by atoms with van der Waals surface area (Å²) in [4.78, 5) is 48.4. The van der Waals surface area contributed by atoms with Crippen LogP contribution in [0.1, 0.15) is 49.9 Å². The smallest absolute Gasteiger partial charge is 0.284 e. The molecule has 0 radical (unpaired) electrons. The predicted molar refractivity (Wildman–Crippen MR) is 197 cm³/mol. The van der Waals surface area contributed by atoms with Crippen molar-refractivity contribution in [3.8, 4) is 5.75 Å². The first kappa shape index (κ1) is 34.6. The van der Waals surface area contributed by atoms with Crippen LogP contribution in [0, 0.1) is 5.92 Å². The van der Waals surface area contributed by atoms with Crippen molar-refractivity contribution in [1.82, 2.24) is 14.8 Å². The number of fused-ring (bicyclic) bond motifs is 2. The van der Waals surface area contributed by atoms with Crippen molar-refractivity contribution in [2.75, 3.05) is 43.1 Å². The Labute approximate surface area is 294 Å². The van der Waals surface area contributed by atoms with Crippen LogP contribution in [0.15, 0.2) is 91.0 Å². The molecular formula is C38H40N6O5S. The third-order valence-electron chi connectivity index (χ3n) is 8.80. The Morgan fingerprint density at radius 3 is 2.44 bits per heavy atom. The molecule has 6 rings (SSSR count). The fourth-order valence-corrected chi connectivity index (χ4v) is 6.82. The lowest BCUT2D eigenvalue weighted by Gasteiger charge is -2.38. The fraction of sp³-hybridized carbons (Fsp3) is 0.263. The summed E-state index contributed by atoms with van der Waals surface area (Å²) in [6.07, 6.45) is -0.387. The van der Waals surface area contributed by atoms with E-state index in [2.05, 4.69) is 20.5 Å². The summed E-state index contributed by atoms with van der Waals surface area (Å²) < 4.78 is 7.58. The van der Waals surface area contributed by atoms with Crippen LogP contribution in [0.25, 0.3) is 10.2 Å². The van der Waals surface area contributed by atoms with Crippen LogP contribution < -0.4 is 21.1 Å². The first-order valence-electron chi connectivity index (χ1n) is 16.4. The fourth-order valence-electron chi connectivity index (χ4n) is 5.96. The van der Waals surface area contributed by atoms with E-state index in [4.69, 9.17) is 10.5 Å². The number of nitrogens with zero attached hydrogens (tertiary/aromatic N) is 3. The van der Waals surface area contributed by atoms with E-state index >= 15 is 0 Å². The number of thiazole rings is 1. The number of rotatable bonds is 10. The lowest BCUT2D eigenvalue weighted by Crippen LogP contribution is -2.49. The number of hydrogen-bond acceptors (Lipinski definition) is 9. The Balaban J connectivity index is 1.21. The monoisotopic (exact) mass is 692 g/mol. The number of nitrogens with one attached hydrogen (secondary N) is 2. The number of aliphatic hydroxyl groups excluding tert-OH is 1. The molecule has 1 aliphatic rings. The molecule has 11 nitrogen and oxygen atoms in total. The maximum absolute atomic E-state index is 13.9. The zero-order chi connectivity index (χ0) is 35.4. The molecule has 5 aromatic rings. The SMILES string of the molecule is C[C@@H]1CN([C@@H](C)CO)C(=O)c2cccc(NC(=O)c3nc4ccccc4s3)c2O[C@@H]1CN(C)Cc1ccc(C(=O)Nc2ccccc2N)cc1. The van der Waals surface area contributed by atoms with Gasteiger partial charge in [-0.1, -0.05) is 49.4 Å². The zero-order valence-electron chi connectivity index (χ0n) is 28.1. The topological polar surface area (TPSA) is 150 Å². The number of benzene rings is 4. The average molecular weight is 693 g/mol. The number of aliphatic hydroxyl groups is 1. The lowest BCUT2D eigenvalue weighted by molar-refractivity contribution is 0.0343. The molecule has 0 saturated carbocycles. The van der Waals surface area contributed by atoms with Gasteiger partial charge in [-0.15, -0.1) is 11.3 Å². The molecule has 0 spiro atoms. The van der Waals surface area contributed by atoms with Gasteiger partial charge in [0, 0.05) is 31.1 Å². The standard InChI is InChI=1S/C38H40N6O5S/c1-23-19-44(24(2)22-45)38(48)27-9-8-13-31(41-36(47)37-42-30-12-6-7-14-33(30)50-37)34(27)49-32(23)21-43(3)20-25-15-17-26(18-16-25)35(46)40-29-11-5-4-10-28(29)39/h4-18,23-24,32,45H,19-22,39H2,1-3H3,(H,40,46)(H,41,47)/t23-,24+,32-/m1/s1. The van der Waals surface area contributed by atoms with E-state index in [1.807, 2.05) is 69.4 Å². The minimum absolute atomic E-state index is 0.131. The van der Waals surface area contributed by atoms with Crippen LogP contribution in [0.2, 0.25) is 0 Å². The number of aromatic nitrogens is 1. The highest BCUT2D eigenvalue weighted by Crippen LogP contribution is 2.36. The van der Waals surface area contributed by atoms with Crippen LogP contribution in [0.4, 0.5) is 17.1 Å². The van der Waals surface area contributed by atoms with Crippen LogP contribution in [0.3, 0.4) is 0 Å². The van der Waals surface area contributed by atoms with Gasteiger partial charge in [0.25, 0.3) is 17.7 Å². The average Bonchev–Trinajstić information content (AvgIpc) is 3.56. The normalized spacial score (nSPS) is 16.7. The summed E-state index contributed by atoms with van der Waals surface area (Å²) in [5, 5.41) is 16.1. The second-order valence-corrected chi connectivity index (χ2v) is 13.7. The quantitative estimate of drug-likeness (QED) is 0.136. The number of para-hydroxylation sites is 4. The summed E-state index contributed by atoms with van der Waals surface area (Å²) in [5.74, 6) is -0.783. The number of ether oxygens (including phenoxy) is 1. The van der Waals surface area contributed by atoms with Gasteiger partial charge in [-0.05, 0) is 68.1 Å². The Kier molecular flexibility index (Phi) is 10.4. The highest BCUT2D eigenvalue weighted by Gasteiger charge is 2.35. The molecule has 0 bridgehead atoms. The first-order valence-corrected chi connectivity index (χ1v) is 17.2. The number of hydrogen-bond donors (Lipinski definition) is 4. The van der Waals surface area contributed by atoms with E-state index in [9.17, 15) is 19.5 Å². The summed E-state index contributed by atoms with van der Waals surface area (Å²) >= 11 is 1.29. The van der Waals surface area contributed by atoms with Crippen molar-refractivity contribution in [1.29, 1.82) is 0 Å². The maximum Gasteiger partial charge on any atom is 0.284 e. The third-order valence-corrected chi connectivity index (χ3v) is 9.83. The predicted octanol–water partition coefficient (Wildman–Crippen LogP) is 5.74. The van der Waals surface area contributed by atoms with Crippen LogP contribution >= 0.6 is 11.3 Å². The maximum atomic E-state index is 13.9. The Bertz CT molecular complexity index is 1980. The minimum Gasteiger partial charge on any atom is -0.486 e. The Morgan fingerprint density at radius 2 is 1.70 bits per heavy atom. The molecule has 12 heteroatoms. The molecule has 1 aliphatic heterocycles. The first-order chi connectivity index (χ1) is 24.1. The molecule has 3 amide bonds. The van der Waals surface area contributed by atoms with Crippen molar-refractivity contribution in [3.63, 3.8) is 0 Å². The summed E-state index contributed by atoms with van der Waals surface area (Å²) in [6.45, 7) is 5.06. The van der Waals surface area contributed by atoms with Gasteiger partial charge < -0.3 is 31.1 Å². The second kappa shape index (κ2) is 15.1. The third kappa shape index (κ3) is 7.62. The van der Waals surface area contributed by atoms with Crippen molar-refractivity contribution >= 4 is 56.3 Å². The number of nitrogen functional groups attached to an aromatic ring is 1. The largest absolute Gasteiger partial charge is 0.486 e. The van der Waals surface area contributed by atoms with Crippen molar-refractivity contribution in [2.45, 2.75) is 32.5 Å². The van der Waals surface area contributed by atoms with Gasteiger partial charge in [-0.3, -0.25) is 19.3 Å². The molecule has 258 valence electrons. The van der Waals surface area contributed by atoms with Gasteiger partial charge in [0.2, 0.25) is 0 Å². The molecule has 3 atom stereocenters. The van der Waals surface area contributed by atoms with E-state index in [0.29, 0.717) is 52.8 Å². The molecule has 0 unspecified atom stereocenters. The summed E-state index contributed by atoms with van der Waals surface area (Å²) in [6, 6.07) is 26.7. The van der Waals surface area contributed by atoms with Gasteiger partial charge in [0.1, 0.15) is 6.10 Å². The van der Waals surface area contributed by atoms with Crippen LogP contribution in [-0.2, 0) is 6.54 Å². The number of carbonyl (C=O) groups excluding carboxylic acids is 3. The van der Waals surface area contributed by atoms with Gasteiger partial charge >= 0.3 is 0 Å². The van der Waals surface area contributed by atoms with E-state index in [-0.39, 0.29) is 36.2 Å². The van der Waals surface area contributed by atoms with Gasteiger partial charge in [0.05, 0.1) is 45.5 Å². The molecule has 4 aromatic carbocycles. The molecule has 0 aliphatic carbocycles.